The molecule has 1 aliphatic rings. The van der Waals surface area contributed by atoms with E-state index in [9.17, 15) is 40.3 Å². The van der Waals surface area contributed by atoms with Gasteiger partial charge in [0.2, 0.25) is 15.9 Å². The van der Waals surface area contributed by atoms with Gasteiger partial charge >= 0.3 is 6.18 Å². The molecule has 2 N–H and O–H groups in total. The number of benzene rings is 1. The van der Waals surface area contributed by atoms with Crippen LogP contribution in [0.3, 0.4) is 0 Å². The van der Waals surface area contributed by atoms with Crippen LogP contribution in [0.5, 0.6) is 0 Å². The van der Waals surface area contributed by atoms with Crippen molar-refractivity contribution in [1.29, 1.82) is 0 Å². The molecule has 18 heteroatoms. The molecule has 3 aromatic rings. The van der Waals surface area contributed by atoms with Crippen LogP contribution in [0.4, 0.5) is 22.0 Å². The lowest BCUT2D eigenvalue weighted by Crippen LogP contribution is -2.58. The zero-order valence-electron chi connectivity index (χ0n) is 20.9. The van der Waals surface area contributed by atoms with Crippen molar-refractivity contribution in [1.82, 2.24) is 24.8 Å². The smallest absolute Gasteiger partial charge is 0.404 e. The maximum Gasteiger partial charge on any atom is 0.404 e. The number of rotatable bonds is 8. The molecule has 218 valence electrons. The average Bonchev–Trinajstić information content (AvgIpc) is 3.47. The Labute approximate surface area is 233 Å². The number of hydrogen-bond donors (Lipinski definition) is 2. The van der Waals surface area contributed by atoms with Gasteiger partial charge < -0.3 is 14.4 Å². The van der Waals surface area contributed by atoms with Gasteiger partial charge in [0, 0.05) is 5.56 Å². The number of sulfonamides is 1. The van der Waals surface area contributed by atoms with Gasteiger partial charge in [-0.25, -0.2) is 22.2 Å². The zero-order chi connectivity index (χ0) is 29.8. The highest BCUT2D eigenvalue weighted by Gasteiger charge is 2.47. The van der Waals surface area contributed by atoms with Crippen LogP contribution in [0.1, 0.15) is 43.6 Å². The van der Waals surface area contributed by atoms with Crippen molar-refractivity contribution in [3.05, 3.63) is 34.8 Å². The molecule has 3 heterocycles. The third kappa shape index (κ3) is 6.12. The maximum atomic E-state index is 13.5. The summed E-state index contributed by atoms with van der Waals surface area (Å²) in [6, 6.07) is 0.701. The highest BCUT2D eigenvalue weighted by Crippen LogP contribution is 2.41. The molecule has 1 aliphatic heterocycles. The molecule has 1 fully saturated rings. The van der Waals surface area contributed by atoms with Crippen LogP contribution in [-0.4, -0.2) is 70.7 Å². The Morgan fingerprint density at radius 2 is 1.93 bits per heavy atom. The third-order valence-corrected chi connectivity index (χ3v) is 8.55. The van der Waals surface area contributed by atoms with Gasteiger partial charge in [0.25, 0.3) is 17.7 Å². The van der Waals surface area contributed by atoms with E-state index < -0.39 is 64.1 Å². The molecule has 0 radical (unpaired) electrons. The second-order valence-electron chi connectivity index (χ2n) is 9.45. The lowest BCUT2D eigenvalue weighted by molar-refractivity contribution is -0.151. The van der Waals surface area contributed by atoms with E-state index in [0.717, 1.165) is 34.4 Å². The average molecular weight is 630 g/mol. The number of aliphatic hydroxyl groups is 1. The van der Waals surface area contributed by atoms with Crippen LogP contribution in [-0.2, 0) is 15.6 Å². The summed E-state index contributed by atoms with van der Waals surface area (Å²) in [5.41, 5.74) is -1.78. The molecule has 2 aromatic heterocycles. The van der Waals surface area contributed by atoms with Gasteiger partial charge in [-0.05, 0) is 32.4 Å². The Bertz CT molecular complexity index is 1540. The molecular weight excluding hydrogens is 609 g/mol. The quantitative estimate of drug-likeness (QED) is 0.349. The number of alkyl halides is 5. The Morgan fingerprint density at radius 1 is 1.27 bits per heavy atom. The molecule has 10 nitrogen and oxygen atoms in total. The van der Waals surface area contributed by atoms with Crippen molar-refractivity contribution in [2.45, 2.75) is 55.8 Å². The van der Waals surface area contributed by atoms with Gasteiger partial charge in [0.1, 0.15) is 17.3 Å². The van der Waals surface area contributed by atoms with Gasteiger partial charge in [0.15, 0.2) is 5.01 Å². The Balaban J connectivity index is 1.75. The van der Waals surface area contributed by atoms with E-state index in [-0.39, 0.29) is 37.9 Å². The van der Waals surface area contributed by atoms with Crippen molar-refractivity contribution < 1.29 is 44.7 Å². The number of nitrogens with one attached hydrogen (secondary N) is 1. The molecule has 1 saturated heterocycles. The van der Waals surface area contributed by atoms with E-state index in [1.54, 1.807) is 4.72 Å². The molecule has 4 rings (SSSR count). The Hall–Kier alpha value is -2.73. The van der Waals surface area contributed by atoms with Crippen molar-refractivity contribution >= 4 is 38.9 Å². The molecule has 0 spiro atoms. The summed E-state index contributed by atoms with van der Waals surface area (Å²) < 4.78 is 98.6. The zero-order valence-corrected chi connectivity index (χ0v) is 23.3. The number of nitrogens with zero attached hydrogens (tertiary/aromatic N) is 4. The molecule has 40 heavy (non-hydrogen) atoms. The number of likely N-dealkylation sites (tertiary alicyclic amines) is 1. The van der Waals surface area contributed by atoms with Crippen LogP contribution in [0.15, 0.2) is 27.5 Å². The number of halogens is 6. The standard InChI is InChI=1S/C22H21ClF5N5O5S2/c1-4-13(22(26,27)28)32-40(36,37)10-5-6-11(12(23)7-10)15-14(18(34)33-8-21(24,25)9-33)29-17(39-15)16-30-31-19(38-16)20(2,3)35/h5-7,13,32,35H,4,8-9H2,1-3H3/t13-/m0/s1. The van der Waals surface area contributed by atoms with Crippen LogP contribution >= 0.6 is 22.9 Å². The molecule has 1 amide bonds. The van der Waals surface area contributed by atoms with Crippen molar-refractivity contribution in [3.8, 4) is 21.3 Å². The lowest BCUT2D eigenvalue weighted by Gasteiger charge is -2.38. The fraction of sp³-hybridized carbons (Fsp3) is 0.455. The highest BCUT2D eigenvalue weighted by molar-refractivity contribution is 7.89. The first-order valence-corrected chi connectivity index (χ1v) is 14.1. The summed E-state index contributed by atoms with van der Waals surface area (Å²) in [5.74, 6) is -4.32. The second kappa shape index (κ2) is 10.3. The van der Waals surface area contributed by atoms with Crippen LogP contribution in [0.25, 0.3) is 21.3 Å². The summed E-state index contributed by atoms with van der Waals surface area (Å²) in [7, 11) is -4.66. The number of aromatic nitrogens is 3. The minimum atomic E-state index is -4.83. The fourth-order valence-electron chi connectivity index (χ4n) is 3.59. The Kier molecular flexibility index (Phi) is 7.77. The van der Waals surface area contributed by atoms with E-state index in [0.29, 0.717) is 0 Å². The predicted octanol–water partition coefficient (Wildman–Crippen LogP) is 4.45. The normalized spacial score (nSPS) is 16.6. The minimum absolute atomic E-state index is 0.0287. The van der Waals surface area contributed by atoms with Crippen LogP contribution in [0.2, 0.25) is 5.02 Å². The third-order valence-electron chi connectivity index (χ3n) is 5.69. The first-order chi connectivity index (χ1) is 18.3. The maximum absolute atomic E-state index is 13.5. The van der Waals surface area contributed by atoms with Gasteiger partial charge in [-0.1, -0.05) is 24.6 Å². The van der Waals surface area contributed by atoms with E-state index in [4.69, 9.17) is 16.0 Å². The van der Waals surface area contributed by atoms with Gasteiger partial charge in [-0.2, -0.15) is 17.9 Å². The summed E-state index contributed by atoms with van der Waals surface area (Å²) in [6.45, 7) is 2.24. The van der Waals surface area contributed by atoms with E-state index in [2.05, 4.69) is 15.2 Å². The summed E-state index contributed by atoms with van der Waals surface area (Å²) in [6.07, 6.45) is -5.38. The molecule has 0 unspecified atom stereocenters. The SMILES string of the molecule is CC[C@H](NS(=O)(=O)c1ccc(-c2sc(-c3nnc(C(C)(C)O)o3)nc2C(=O)N2CC(F)(F)C2)c(Cl)c1)C(F)(F)F. The van der Waals surface area contributed by atoms with Crippen molar-refractivity contribution in [2.75, 3.05) is 13.1 Å². The molecule has 0 aliphatic carbocycles. The topological polar surface area (TPSA) is 139 Å². The number of amides is 1. The highest BCUT2D eigenvalue weighted by atomic mass is 35.5. The first kappa shape index (κ1) is 30.2. The fourth-order valence-corrected chi connectivity index (χ4v) is 6.33. The predicted molar refractivity (Wildman–Crippen MR) is 132 cm³/mol. The molecule has 1 atom stereocenters. The van der Waals surface area contributed by atoms with Gasteiger partial charge in [0.05, 0.1) is 27.9 Å². The molecular formula is C22H21ClF5N5O5S2. The van der Waals surface area contributed by atoms with Crippen molar-refractivity contribution in [2.24, 2.45) is 0 Å². The van der Waals surface area contributed by atoms with E-state index in [1.807, 2.05) is 0 Å². The van der Waals surface area contributed by atoms with Crippen LogP contribution in [0, 0.1) is 0 Å². The lowest BCUT2D eigenvalue weighted by atomic mass is 10.1. The molecule has 0 saturated carbocycles. The number of hydrogen-bond acceptors (Lipinski definition) is 9. The van der Waals surface area contributed by atoms with Crippen LogP contribution < -0.4 is 4.72 Å². The number of carbonyl (C=O) groups excluding carboxylic acids is 1. The van der Waals surface area contributed by atoms with E-state index >= 15 is 0 Å². The summed E-state index contributed by atoms with van der Waals surface area (Å²) >= 11 is 7.13. The summed E-state index contributed by atoms with van der Waals surface area (Å²) in [4.78, 5) is 17.6. The first-order valence-electron chi connectivity index (χ1n) is 11.5. The van der Waals surface area contributed by atoms with E-state index in [1.165, 1.54) is 20.8 Å². The summed E-state index contributed by atoms with van der Waals surface area (Å²) in [5, 5.41) is 17.3. The Morgan fingerprint density at radius 3 is 2.42 bits per heavy atom. The monoisotopic (exact) mass is 629 g/mol. The minimum Gasteiger partial charge on any atom is -0.415 e. The van der Waals surface area contributed by atoms with Gasteiger partial charge in [-0.15, -0.1) is 21.5 Å². The number of carbonyl (C=O) groups is 1. The molecule has 1 aromatic carbocycles. The number of thiazole rings is 1. The van der Waals surface area contributed by atoms with Gasteiger partial charge in [-0.3, -0.25) is 4.79 Å². The largest absolute Gasteiger partial charge is 0.415 e. The molecule has 0 bridgehead atoms. The second-order valence-corrected chi connectivity index (χ2v) is 12.6. The van der Waals surface area contributed by atoms with Crippen molar-refractivity contribution in [3.63, 3.8) is 0 Å².